The van der Waals surface area contributed by atoms with Gasteiger partial charge in [-0.3, -0.25) is 0 Å². The van der Waals surface area contributed by atoms with Crippen LogP contribution in [0.3, 0.4) is 0 Å². The van der Waals surface area contributed by atoms with E-state index in [0.717, 1.165) is 10.9 Å². The summed E-state index contributed by atoms with van der Waals surface area (Å²) in [5.41, 5.74) is 2.24. The molecule has 0 aliphatic rings. The lowest BCUT2D eigenvalue weighted by Crippen LogP contribution is -1.82. The van der Waals surface area contributed by atoms with Gasteiger partial charge in [-0.05, 0) is 18.6 Å². The van der Waals surface area contributed by atoms with Crippen LogP contribution >= 0.6 is 11.6 Å². The van der Waals surface area contributed by atoms with Crippen molar-refractivity contribution in [2.75, 3.05) is 0 Å². The Labute approximate surface area is 80.0 Å². The number of aromatic nitrogens is 2. The van der Waals surface area contributed by atoms with Crippen LogP contribution in [-0.4, -0.2) is 9.97 Å². The van der Waals surface area contributed by atoms with E-state index in [1.165, 1.54) is 0 Å². The molecule has 0 fully saturated rings. The summed E-state index contributed by atoms with van der Waals surface area (Å²) in [6.07, 6.45) is 1.64. The number of nitriles is 1. The lowest BCUT2D eigenvalue weighted by molar-refractivity contribution is 1.31. The SMILES string of the molecule is Cc1cc(Cl)nc2[nH]cc(C#N)c12. The largest absolute Gasteiger partial charge is 0.345 e. The summed E-state index contributed by atoms with van der Waals surface area (Å²) in [7, 11) is 0. The van der Waals surface area contributed by atoms with Gasteiger partial charge in [0.1, 0.15) is 16.9 Å². The second-order valence-electron chi connectivity index (χ2n) is 2.80. The Bertz CT molecular complexity index is 507. The van der Waals surface area contributed by atoms with Gasteiger partial charge in [0.15, 0.2) is 0 Å². The van der Waals surface area contributed by atoms with E-state index >= 15 is 0 Å². The van der Waals surface area contributed by atoms with Gasteiger partial charge >= 0.3 is 0 Å². The van der Waals surface area contributed by atoms with Crippen LogP contribution in [-0.2, 0) is 0 Å². The fourth-order valence-corrected chi connectivity index (χ4v) is 1.63. The molecule has 0 aliphatic carbocycles. The molecule has 2 rings (SSSR count). The Kier molecular flexibility index (Phi) is 1.71. The van der Waals surface area contributed by atoms with Crippen LogP contribution in [0.5, 0.6) is 0 Å². The predicted octanol–water partition coefficient (Wildman–Crippen LogP) is 2.40. The molecule has 64 valence electrons. The minimum atomic E-state index is 0.441. The van der Waals surface area contributed by atoms with Crippen molar-refractivity contribution in [1.29, 1.82) is 5.26 Å². The minimum Gasteiger partial charge on any atom is -0.345 e. The molecular formula is C9H6ClN3. The third-order valence-corrected chi connectivity index (χ3v) is 2.12. The first-order valence-corrected chi connectivity index (χ1v) is 4.14. The summed E-state index contributed by atoms with van der Waals surface area (Å²) in [6, 6.07) is 3.84. The van der Waals surface area contributed by atoms with Crippen molar-refractivity contribution in [3.05, 3.63) is 28.5 Å². The molecule has 13 heavy (non-hydrogen) atoms. The highest BCUT2D eigenvalue weighted by molar-refractivity contribution is 6.29. The second-order valence-corrected chi connectivity index (χ2v) is 3.19. The molecule has 0 aliphatic heterocycles. The van der Waals surface area contributed by atoms with Gasteiger partial charge in [0, 0.05) is 11.6 Å². The monoisotopic (exact) mass is 191 g/mol. The fourth-order valence-electron chi connectivity index (χ4n) is 1.38. The zero-order valence-corrected chi connectivity index (χ0v) is 7.68. The van der Waals surface area contributed by atoms with Crippen molar-refractivity contribution >= 4 is 22.6 Å². The zero-order valence-electron chi connectivity index (χ0n) is 6.93. The maximum atomic E-state index is 8.79. The summed E-state index contributed by atoms with van der Waals surface area (Å²) < 4.78 is 0. The first-order chi connectivity index (χ1) is 6.22. The van der Waals surface area contributed by atoms with E-state index < -0.39 is 0 Å². The number of hydrogen-bond acceptors (Lipinski definition) is 2. The third-order valence-electron chi connectivity index (χ3n) is 1.93. The zero-order chi connectivity index (χ0) is 9.42. The number of hydrogen-bond donors (Lipinski definition) is 1. The number of rotatable bonds is 0. The normalized spacial score (nSPS) is 10.2. The molecule has 1 N–H and O–H groups in total. The quantitative estimate of drug-likeness (QED) is 0.650. The number of fused-ring (bicyclic) bond motifs is 1. The van der Waals surface area contributed by atoms with Crippen molar-refractivity contribution in [3.63, 3.8) is 0 Å². The number of pyridine rings is 1. The van der Waals surface area contributed by atoms with Crippen molar-refractivity contribution in [1.82, 2.24) is 9.97 Å². The van der Waals surface area contributed by atoms with E-state index in [2.05, 4.69) is 16.0 Å². The molecule has 0 saturated carbocycles. The Morgan fingerprint density at radius 3 is 3.08 bits per heavy atom. The van der Waals surface area contributed by atoms with Crippen LogP contribution in [0, 0.1) is 18.3 Å². The third kappa shape index (κ3) is 1.16. The van der Waals surface area contributed by atoms with Crippen LogP contribution in [0.4, 0.5) is 0 Å². The summed E-state index contributed by atoms with van der Waals surface area (Å²) in [4.78, 5) is 6.97. The van der Waals surface area contributed by atoms with E-state index in [1.807, 2.05) is 6.92 Å². The van der Waals surface area contributed by atoms with Gasteiger partial charge in [0.25, 0.3) is 0 Å². The van der Waals surface area contributed by atoms with E-state index in [4.69, 9.17) is 16.9 Å². The lowest BCUT2D eigenvalue weighted by Gasteiger charge is -1.96. The summed E-state index contributed by atoms with van der Waals surface area (Å²) >= 11 is 5.76. The molecule has 4 heteroatoms. The topological polar surface area (TPSA) is 52.5 Å². The fraction of sp³-hybridized carbons (Fsp3) is 0.111. The first kappa shape index (κ1) is 8.09. The number of nitrogens with zero attached hydrogens (tertiary/aromatic N) is 2. The van der Waals surface area contributed by atoms with Crippen molar-refractivity contribution in [2.45, 2.75) is 6.92 Å². The first-order valence-electron chi connectivity index (χ1n) is 3.76. The molecule has 0 amide bonds. The van der Waals surface area contributed by atoms with Crippen LogP contribution < -0.4 is 0 Å². The Morgan fingerprint density at radius 2 is 2.38 bits per heavy atom. The Balaban J connectivity index is 2.92. The highest BCUT2D eigenvalue weighted by Gasteiger charge is 2.07. The van der Waals surface area contributed by atoms with Gasteiger partial charge in [-0.1, -0.05) is 11.6 Å². The highest BCUT2D eigenvalue weighted by atomic mass is 35.5. The number of aryl methyl sites for hydroxylation is 1. The van der Waals surface area contributed by atoms with Crippen molar-refractivity contribution < 1.29 is 0 Å². The molecule has 0 atom stereocenters. The minimum absolute atomic E-state index is 0.441. The average molecular weight is 192 g/mol. The van der Waals surface area contributed by atoms with Crippen molar-refractivity contribution in [3.8, 4) is 6.07 Å². The predicted molar refractivity (Wildman–Crippen MR) is 50.6 cm³/mol. The molecule has 0 aromatic carbocycles. The van der Waals surface area contributed by atoms with Crippen LogP contribution in [0.1, 0.15) is 11.1 Å². The molecular weight excluding hydrogens is 186 g/mol. The lowest BCUT2D eigenvalue weighted by atomic mass is 10.1. The molecule has 0 radical (unpaired) electrons. The molecule has 0 spiro atoms. The Hall–Kier alpha value is -1.53. The van der Waals surface area contributed by atoms with Gasteiger partial charge in [-0.15, -0.1) is 0 Å². The molecule has 2 heterocycles. The maximum absolute atomic E-state index is 8.79. The van der Waals surface area contributed by atoms with Crippen LogP contribution in [0.15, 0.2) is 12.3 Å². The number of aromatic amines is 1. The van der Waals surface area contributed by atoms with Gasteiger partial charge in [-0.2, -0.15) is 5.26 Å². The average Bonchev–Trinajstić information content (AvgIpc) is 2.47. The second kappa shape index (κ2) is 2.75. The number of halogens is 1. The Morgan fingerprint density at radius 1 is 1.62 bits per heavy atom. The molecule has 0 bridgehead atoms. The van der Waals surface area contributed by atoms with Crippen LogP contribution in [0.25, 0.3) is 11.0 Å². The van der Waals surface area contributed by atoms with Gasteiger partial charge < -0.3 is 4.98 Å². The van der Waals surface area contributed by atoms with E-state index in [1.54, 1.807) is 12.3 Å². The summed E-state index contributed by atoms with van der Waals surface area (Å²) in [6.45, 7) is 1.91. The van der Waals surface area contributed by atoms with Crippen LogP contribution in [0.2, 0.25) is 5.15 Å². The highest BCUT2D eigenvalue weighted by Crippen LogP contribution is 2.22. The van der Waals surface area contributed by atoms with Gasteiger partial charge in [-0.25, -0.2) is 4.98 Å². The molecule has 0 saturated heterocycles. The van der Waals surface area contributed by atoms with Gasteiger partial charge in [0.2, 0.25) is 0 Å². The molecule has 2 aromatic rings. The summed E-state index contributed by atoms with van der Waals surface area (Å²) in [5, 5.41) is 10.1. The smallest absolute Gasteiger partial charge is 0.140 e. The molecule has 0 unspecified atom stereocenters. The number of nitrogens with one attached hydrogen (secondary N) is 1. The number of H-pyrrole nitrogens is 1. The van der Waals surface area contributed by atoms with E-state index in [9.17, 15) is 0 Å². The van der Waals surface area contributed by atoms with Gasteiger partial charge in [0.05, 0.1) is 5.56 Å². The standard InChI is InChI=1S/C9H6ClN3/c1-5-2-7(10)13-9-8(5)6(3-11)4-12-9/h2,4H,1H3,(H,12,13). The molecule has 3 nitrogen and oxygen atoms in total. The van der Waals surface area contributed by atoms with E-state index in [-0.39, 0.29) is 0 Å². The molecule has 2 aromatic heterocycles. The maximum Gasteiger partial charge on any atom is 0.140 e. The summed E-state index contributed by atoms with van der Waals surface area (Å²) in [5.74, 6) is 0. The van der Waals surface area contributed by atoms with E-state index in [0.29, 0.717) is 16.4 Å². The van der Waals surface area contributed by atoms with Crippen molar-refractivity contribution in [2.24, 2.45) is 0 Å².